The van der Waals surface area contributed by atoms with Crippen LogP contribution in [0.4, 0.5) is 5.69 Å². The number of carbonyl (C=O) groups excluding carboxylic acids is 2. The average Bonchev–Trinajstić information content (AvgIpc) is 2.62. The zero-order valence-corrected chi connectivity index (χ0v) is 15.5. The van der Waals surface area contributed by atoms with E-state index in [9.17, 15) is 9.59 Å². The molecule has 1 saturated carbocycles. The van der Waals surface area contributed by atoms with E-state index < -0.39 is 0 Å². The van der Waals surface area contributed by atoms with E-state index >= 15 is 0 Å². The molecule has 2 amide bonds. The summed E-state index contributed by atoms with van der Waals surface area (Å²) in [4.78, 5) is 26.6. The molecule has 0 spiro atoms. The molecule has 0 radical (unpaired) electrons. The number of amides is 2. The Morgan fingerprint density at radius 3 is 2.68 bits per heavy atom. The van der Waals surface area contributed by atoms with Gasteiger partial charge < -0.3 is 10.6 Å². The molecule has 0 aliphatic heterocycles. The van der Waals surface area contributed by atoms with E-state index in [1.807, 2.05) is 13.1 Å². The van der Waals surface area contributed by atoms with Gasteiger partial charge in [-0.1, -0.05) is 38.7 Å². The first-order chi connectivity index (χ1) is 12.1. The lowest BCUT2D eigenvalue weighted by molar-refractivity contribution is -0.117. The molecule has 0 heterocycles. The lowest BCUT2D eigenvalue weighted by atomic mass is 9.94. The van der Waals surface area contributed by atoms with Gasteiger partial charge >= 0.3 is 0 Å². The van der Waals surface area contributed by atoms with E-state index in [0.29, 0.717) is 30.4 Å². The minimum atomic E-state index is -0.0936. The first-order valence-electron chi connectivity index (χ1n) is 9.48. The van der Waals surface area contributed by atoms with Crippen LogP contribution < -0.4 is 10.6 Å². The molecule has 5 heteroatoms. The van der Waals surface area contributed by atoms with E-state index in [1.165, 1.54) is 32.1 Å². The quantitative estimate of drug-likeness (QED) is 0.710. The molecule has 25 heavy (non-hydrogen) atoms. The summed E-state index contributed by atoms with van der Waals surface area (Å²) in [6, 6.07) is 7.64. The minimum Gasteiger partial charge on any atom is -0.352 e. The minimum absolute atomic E-state index is 0.0309. The molecule has 2 rings (SSSR count). The van der Waals surface area contributed by atoms with E-state index in [4.69, 9.17) is 0 Å². The summed E-state index contributed by atoms with van der Waals surface area (Å²) in [6.07, 6.45) is 8.19. The Kier molecular flexibility index (Phi) is 7.92. The van der Waals surface area contributed by atoms with Crippen LogP contribution in [0.25, 0.3) is 0 Å². The number of hydrogen-bond donors (Lipinski definition) is 2. The molecule has 138 valence electrons. The molecule has 0 saturated heterocycles. The average molecular weight is 345 g/mol. The van der Waals surface area contributed by atoms with Gasteiger partial charge in [0.15, 0.2) is 0 Å². The molecular formula is C20H31N3O2. The highest BCUT2D eigenvalue weighted by Crippen LogP contribution is 2.21. The fourth-order valence-electron chi connectivity index (χ4n) is 3.30. The molecule has 2 N–H and O–H groups in total. The van der Waals surface area contributed by atoms with Crippen molar-refractivity contribution in [1.29, 1.82) is 0 Å². The van der Waals surface area contributed by atoms with Crippen molar-refractivity contribution in [1.82, 2.24) is 10.2 Å². The number of benzene rings is 1. The number of hydrogen-bond acceptors (Lipinski definition) is 3. The topological polar surface area (TPSA) is 61.4 Å². The van der Waals surface area contributed by atoms with Crippen LogP contribution in [0.3, 0.4) is 0 Å². The lowest BCUT2D eigenvalue weighted by Gasteiger charge is -2.30. The number of nitrogens with zero attached hydrogens (tertiary/aromatic N) is 1. The highest BCUT2D eigenvalue weighted by Gasteiger charge is 2.19. The molecule has 1 aliphatic carbocycles. The maximum Gasteiger partial charge on any atom is 0.251 e. The van der Waals surface area contributed by atoms with E-state index in [-0.39, 0.29) is 11.8 Å². The molecule has 1 aromatic carbocycles. The fourth-order valence-corrected chi connectivity index (χ4v) is 3.30. The van der Waals surface area contributed by atoms with Crippen LogP contribution >= 0.6 is 0 Å². The Hall–Kier alpha value is -1.88. The van der Waals surface area contributed by atoms with Crippen LogP contribution in [0, 0.1) is 0 Å². The van der Waals surface area contributed by atoms with Gasteiger partial charge in [-0.3, -0.25) is 14.5 Å². The van der Waals surface area contributed by atoms with Crippen molar-refractivity contribution in [2.45, 2.75) is 57.9 Å². The Balaban J connectivity index is 1.85. The van der Waals surface area contributed by atoms with Crippen molar-refractivity contribution < 1.29 is 9.59 Å². The zero-order chi connectivity index (χ0) is 18.1. The van der Waals surface area contributed by atoms with Crippen LogP contribution in [-0.4, -0.2) is 42.9 Å². The third kappa shape index (κ3) is 6.50. The Morgan fingerprint density at radius 2 is 1.96 bits per heavy atom. The summed E-state index contributed by atoms with van der Waals surface area (Å²) in [5, 5.41) is 5.81. The van der Waals surface area contributed by atoms with Crippen LogP contribution in [-0.2, 0) is 4.79 Å². The largest absolute Gasteiger partial charge is 0.352 e. The molecule has 0 unspecified atom stereocenters. The SMILES string of the molecule is CCCCNC(=O)c1cccc(NC(=O)CN(C)C2CCCCC2)c1. The number of nitrogens with one attached hydrogen (secondary N) is 2. The molecule has 1 aliphatic rings. The Bertz CT molecular complexity index is 568. The first kappa shape index (κ1) is 19.4. The van der Waals surface area contributed by atoms with Crippen LogP contribution in [0.15, 0.2) is 24.3 Å². The van der Waals surface area contributed by atoms with Gasteiger partial charge in [-0.05, 0) is 44.5 Å². The second-order valence-electron chi connectivity index (χ2n) is 6.95. The first-order valence-corrected chi connectivity index (χ1v) is 9.48. The predicted molar refractivity (Wildman–Crippen MR) is 102 cm³/mol. The van der Waals surface area contributed by atoms with Gasteiger partial charge in [0.2, 0.25) is 5.91 Å². The second-order valence-corrected chi connectivity index (χ2v) is 6.95. The Morgan fingerprint density at radius 1 is 1.20 bits per heavy atom. The van der Waals surface area contributed by atoms with Crippen LogP contribution in [0.1, 0.15) is 62.2 Å². The predicted octanol–water partition coefficient (Wildman–Crippen LogP) is 3.42. The van der Waals surface area contributed by atoms with Gasteiger partial charge in [0.25, 0.3) is 5.91 Å². The van der Waals surface area contributed by atoms with Gasteiger partial charge in [-0.25, -0.2) is 0 Å². The van der Waals surface area contributed by atoms with Crippen LogP contribution in [0.2, 0.25) is 0 Å². The van der Waals surface area contributed by atoms with Crippen molar-refractivity contribution in [2.24, 2.45) is 0 Å². The normalized spacial score (nSPS) is 15.2. The molecule has 1 fully saturated rings. The van der Waals surface area contributed by atoms with Gasteiger partial charge in [-0.15, -0.1) is 0 Å². The summed E-state index contributed by atoms with van der Waals surface area (Å²) in [7, 11) is 2.02. The molecule has 0 atom stereocenters. The number of carbonyl (C=O) groups is 2. The van der Waals surface area contributed by atoms with E-state index in [2.05, 4.69) is 22.5 Å². The van der Waals surface area contributed by atoms with Gasteiger partial charge in [0, 0.05) is 23.8 Å². The number of anilines is 1. The Labute approximate surface area is 151 Å². The molecule has 0 bridgehead atoms. The number of unbranched alkanes of at least 4 members (excludes halogenated alkanes) is 1. The van der Waals surface area contributed by atoms with Gasteiger partial charge in [-0.2, -0.15) is 0 Å². The van der Waals surface area contributed by atoms with E-state index in [0.717, 1.165) is 12.8 Å². The smallest absolute Gasteiger partial charge is 0.251 e. The van der Waals surface area contributed by atoms with Gasteiger partial charge in [0.1, 0.15) is 0 Å². The summed E-state index contributed by atoms with van der Waals surface area (Å²) in [6.45, 7) is 3.16. The number of likely N-dealkylation sites (N-methyl/N-ethyl adjacent to an activating group) is 1. The third-order valence-electron chi connectivity index (χ3n) is 4.82. The summed E-state index contributed by atoms with van der Waals surface area (Å²) < 4.78 is 0. The molecule has 1 aromatic rings. The van der Waals surface area contributed by atoms with Crippen LogP contribution in [0.5, 0.6) is 0 Å². The van der Waals surface area contributed by atoms with E-state index in [1.54, 1.807) is 18.2 Å². The maximum absolute atomic E-state index is 12.3. The summed E-state index contributed by atoms with van der Waals surface area (Å²) >= 11 is 0. The van der Waals surface area contributed by atoms with Crippen molar-refractivity contribution in [3.8, 4) is 0 Å². The third-order valence-corrected chi connectivity index (χ3v) is 4.82. The monoisotopic (exact) mass is 345 g/mol. The molecule has 0 aromatic heterocycles. The molecule has 5 nitrogen and oxygen atoms in total. The molecular weight excluding hydrogens is 314 g/mol. The standard InChI is InChI=1S/C20H31N3O2/c1-3-4-13-21-20(25)16-9-8-10-17(14-16)22-19(24)15-23(2)18-11-6-5-7-12-18/h8-10,14,18H,3-7,11-13,15H2,1-2H3,(H,21,25)(H,22,24). The van der Waals surface area contributed by atoms with Crippen molar-refractivity contribution in [3.05, 3.63) is 29.8 Å². The maximum atomic E-state index is 12.3. The zero-order valence-electron chi connectivity index (χ0n) is 15.5. The number of rotatable bonds is 8. The van der Waals surface area contributed by atoms with Gasteiger partial charge in [0.05, 0.1) is 6.54 Å². The fraction of sp³-hybridized carbons (Fsp3) is 0.600. The second kappa shape index (κ2) is 10.2. The van der Waals surface area contributed by atoms with Crippen molar-refractivity contribution in [2.75, 3.05) is 25.5 Å². The van der Waals surface area contributed by atoms with Crippen molar-refractivity contribution in [3.63, 3.8) is 0 Å². The summed E-state index contributed by atoms with van der Waals surface area (Å²) in [5.74, 6) is -0.125. The van der Waals surface area contributed by atoms with Crippen molar-refractivity contribution >= 4 is 17.5 Å². The summed E-state index contributed by atoms with van der Waals surface area (Å²) in [5.41, 5.74) is 1.25. The highest BCUT2D eigenvalue weighted by molar-refractivity contribution is 5.97. The highest BCUT2D eigenvalue weighted by atomic mass is 16.2. The lowest BCUT2D eigenvalue weighted by Crippen LogP contribution is -2.39.